The summed E-state index contributed by atoms with van der Waals surface area (Å²) in [6.07, 6.45) is 4.50. The summed E-state index contributed by atoms with van der Waals surface area (Å²) in [5.41, 5.74) is 3.48. The van der Waals surface area contributed by atoms with Crippen LogP contribution in [0, 0.1) is 0 Å². The molecule has 0 bridgehead atoms. The van der Waals surface area contributed by atoms with Gasteiger partial charge >= 0.3 is 0 Å². The molecule has 1 heterocycles. The second-order valence-electron chi connectivity index (χ2n) is 4.40. The van der Waals surface area contributed by atoms with E-state index in [9.17, 15) is 0 Å². The van der Waals surface area contributed by atoms with Gasteiger partial charge in [-0.15, -0.1) is 11.6 Å². The van der Waals surface area contributed by atoms with Crippen molar-refractivity contribution in [2.45, 2.75) is 31.6 Å². The van der Waals surface area contributed by atoms with Crippen molar-refractivity contribution in [2.24, 2.45) is 0 Å². The van der Waals surface area contributed by atoms with Crippen molar-refractivity contribution in [1.29, 1.82) is 0 Å². The summed E-state index contributed by atoms with van der Waals surface area (Å²) >= 11 is 6.38. The third-order valence-corrected chi connectivity index (χ3v) is 3.75. The lowest BCUT2D eigenvalue weighted by Crippen LogP contribution is -1.94. The number of hydrogen-bond donors (Lipinski definition) is 0. The maximum Gasteiger partial charge on any atom is 0.0952 e. The molecule has 2 unspecified atom stereocenters. The van der Waals surface area contributed by atoms with Gasteiger partial charge in [-0.25, -0.2) is 0 Å². The lowest BCUT2D eigenvalue weighted by molar-refractivity contribution is 0.564. The molecule has 0 N–H and O–H groups in total. The van der Waals surface area contributed by atoms with Crippen LogP contribution in [0.4, 0.5) is 0 Å². The Morgan fingerprint density at radius 1 is 1.06 bits per heavy atom. The molecule has 0 aliphatic heterocycles. The number of halogens is 1. The first-order valence-electron chi connectivity index (χ1n) is 5.98. The van der Waals surface area contributed by atoms with Crippen LogP contribution in [-0.2, 0) is 0 Å². The summed E-state index contributed by atoms with van der Waals surface area (Å²) in [6.45, 7) is 4.44. The first-order valence-corrected chi connectivity index (χ1v) is 6.42. The van der Waals surface area contributed by atoms with Gasteiger partial charge in [-0.2, -0.15) is 0 Å². The van der Waals surface area contributed by atoms with Crippen molar-refractivity contribution in [2.75, 3.05) is 0 Å². The molecule has 1 nitrogen and oxygen atoms in total. The minimum absolute atomic E-state index is 0.125. The van der Waals surface area contributed by atoms with Gasteiger partial charge in [0.25, 0.3) is 0 Å². The molecule has 0 saturated carbocycles. The summed E-state index contributed by atoms with van der Waals surface area (Å²) in [4.78, 5) is 0. The molecule has 1 aromatic carbocycles. The smallest absolute Gasteiger partial charge is 0.0952 e. The molecule has 17 heavy (non-hydrogen) atoms. The predicted octanol–water partition coefficient (Wildman–Crippen LogP) is 5.12. The summed E-state index contributed by atoms with van der Waals surface area (Å²) in [5.74, 6) is 0.603. The molecular weight excluding hydrogens is 232 g/mol. The summed E-state index contributed by atoms with van der Waals surface area (Å²) in [6, 6.07) is 10.4. The zero-order valence-electron chi connectivity index (χ0n) is 10.2. The lowest BCUT2D eigenvalue weighted by Gasteiger charge is -2.12. The Labute approximate surface area is 107 Å². The Kier molecular flexibility index (Phi) is 3.90. The first kappa shape index (κ1) is 12.3. The quantitative estimate of drug-likeness (QED) is 0.685. The van der Waals surface area contributed by atoms with Crippen LogP contribution in [0.25, 0.3) is 0 Å². The van der Waals surface area contributed by atoms with Crippen LogP contribution in [0.2, 0.25) is 0 Å². The standard InChI is InChI=1S/C15H17ClO/c1-3-11(2)12-4-6-13(7-5-12)15(16)14-8-9-17-10-14/h4-11,15H,3H2,1-2H3. The van der Waals surface area contributed by atoms with Gasteiger partial charge < -0.3 is 4.42 Å². The van der Waals surface area contributed by atoms with E-state index in [2.05, 4.69) is 38.1 Å². The molecule has 2 rings (SSSR count). The minimum atomic E-state index is -0.125. The van der Waals surface area contributed by atoms with E-state index in [0.29, 0.717) is 5.92 Å². The fraction of sp³-hybridized carbons (Fsp3) is 0.333. The molecule has 0 fully saturated rings. The summed E-state index contributed by atoms with van der Waals surface area (Å²) in [7, 11) is 0. The van der Waals surface area contributed by atoms with E-state index >= 15 is 0 Å². The van der Waals surface area contributed by atoms with Gasteiger partial charge in [-0.3, -0.25) is 0 Å². The zero-order chi connectivity index (χ0) is 12.3. The van der Waals surface area contributed by atoms with Crippen molar-refractivity contribution >= 4 is 11.6 Å². The fourth-order valence-corrected chi connectivity index (χ4v) is 2.11. The first-order chi connectivity index (χ1) is 8.22. The van der Waals surface area contributed by atoms with Gasteiger partial charge in [-0.05, 0) is 29.5 Å². The maximum absolute atomic E-state index is 6.38. The van der Waals surface area contributed by atoms with Gasteiger partial charge in [0.05, 0.1) is 17.9 Å². The molecule has 2 aromatic rings. The minimum Gasteiger partial charge on any atom is -0.472 e. The average molecular weight is 249 g/mol. The molecule has 0 radical (unpaired) electrons. The van der Waals surface area contributed by atoms with Crippen molar-refractivity contribution in [3.63, 3.8) is 0 Å². The normalized spacial score (nSPS) is 14.5. The van der Waals surface area contributed by atoms with Gasteiger partial charge in [-0.1, -0.05) is 38.1 Å². The van der Waals surface area contributed by atoms with Crippen molar-refractivity contribution in [3.8, 4) is 0 Å². The Hall–Kier alpha value is -1.21. The van der Waals surface area contributed by atoms with Crippen molar-refractivity contribution < 1.29 is 4.42 Å². The van der Waals surface area contributed by atoms with Crippen LogP contribution in [-0.4, -0.2) is 0 Å². The van der Waals surface area contributed by atoms with E-state index in [0.717, 1.165) is 17.5 Å². The SMILES string of the molecule is CCC(C)c1ccc(C(Cl)c2ccoc2)cc1. The molecule has 2 atom stereocenters. The topological polar surface area (TPSA) is 13.1 Å². The molecule has 90 valence electrons. The average Bonchev–Trinajstić information content (AvgIpc) is 2.91. The van der Waals surface area contributed by atoms with Gasteiger partial charge in [0.2, 0.25) is 0 Å². The molecule has 0 aliphatic carbocycles. The van der Waals surface area contributed by atoms with Crippen LogP contribution < -0.4 is 0 Å². The van der Waals surface area contributed by atoms with E-state index in [1.54, 1.807) is 12.5 Å². The number of alkyl halides is 1. The number of furan rings is 1. The molecule has 2 heteroatoms. The number of benzene rings is 1. The monoisotopic (exact) mass is 248 g/mol. The zero-order valence-corrected chi connectivity index (χ0v) is 10.9. The van der Waals surface area contributed by atoms with E-state index in [-0.39, 0.29) is 5.38 Å². The summed E-state index contributed by atoms with van der Waals surface area (Å²) < 4.78 is 5.05. The Balaban J connectivity index is 2.18. The van der Waals surface area contributed by atoms with Crippen molar-refractivity contribution in [1.82, 2.24) is 0 Å². The number of rotatable bonds is 4. The highest BCUT2D eigenvalue weighted by molar-refractivity contribution is 6.22. The van der Waals surface area contributed by atoms with Gasteiger partial charge in [0.15, 0.2) is 0 Å². The van der Waals surface area contributed by atoms with Crippen LogP contribution in [0.5, 0.6) is 0 Å². The van der Waals surface area contributed by atoms with Crippen LogP contribution in [0.1, 0.15) is 48.3 Å². The Bertz CT molecular complexity index is 444. The maximum atomic E-state index is 6.38. The lowest BCUT2D eigenvalue weighted by atomic mass is 9.96. The highest BCUT2D eigenvalue weighted by atomic mass is 35.5. The second kappa shape index (κ2) is 5.42. The molecule has 0 amide bonds. The van der Waals surface area contributed by atoms with Crippen LogP contribution >= 0.6 is 11.6 Å². The highest BCUT2D eigenvalue weighted by Crippen LogP contribution is 2.30. The van der Waals surface area contributed by atoms with Gasteiger partial charge in [0.1, 0.15) is 0 Å². The third-order valence-electron chi connectivity index (χ3n) is 3.25. The fourth-order valence-electron chi connectivity index (χ4n) is 1.84. The second-order valence-corrected chi connectivity index (χ2v) is 4.83. The Morgan fingerprint density at radius 3 is 2.24 bits per heavy atom. The Morgan fingerprint density at radius 2 is 1.71 bits per heavy atom. The molecule has 0 saturated heterocycles. The van der Waals surface area contributed by atoms with E-state index in [4.69, 9.17) is 16.0 Å². The predicted molar refractivity (Wildman–Crippen MR) is 71.6 cm³/mol. The summed E-state index contributed by atoms with van der Waals surface area (Å²) in [5, 5.41) is -0.125. The largest absolute Gasteiger partial charge is 0.472 e. The van der Waals surface area contributed by atoms with Crippen LogP contribution in [0.15, 0.2) is 47.3 Å². The van der Waals surface area contributed by atoms with E-state index in [1.165, 1.54) is 5.56 Å². The highest BCUT2D eigenvalue weighted by Gasteiger charge is 2.12. The van der Waals surface area contributed by atoms with Crippen molar-refractivity contribution in [3.05, 3.63) is 59.5 Å². The molecule has 0 spiro atoms. The number of hydrogen-bond acceptors (Lipinski definition) is 1. The van der Waals surface area contributed by atoms with E-state index < -0.39 is 0 Å². The van der Waals surface area contributed by atoms with E-state index in [1.807, 2.05) is 6.07 Å². The van der Waals surface area contributed by atoms with Crippen LogP contribution in [0.3, 0.4) is 0 Å². The molecular formula is C15H17ClO. The third kappa shape index (κ3) is 2.73. The molecule has 0 aliphatic rings. The van der Waals surface area contributed by atoms with Gasteiger partial charge in [0, 0.05) is 5.56 Å². The molecule has 1 aromatic heterocycles.